The summed E-state index contributed by atoms with van der Waals surface area (Å²) in [6.07, 6.45) is 3.12. The summed E-state index contributed by atoms with van der Waals surface area (Å²) in [6, 6.07) is 13.3. The van der Waals surface area contributed by atoms with Crippen molar-refractivity contribution in [3.63, 3.8) is 0 Å². The molecule has 6 heteroatoms. The molecule has 128 valence electrons. The Hall–Kier alpha value is -3.12. The molecule has 1 aromatic heterocycles. The van der Waals surface area contributed by atoms with Crippen LogP contribution in [0.4, 0.5) is 5.69 Å². The molecule has 1 aliphatic heterocycles. The SMILES string of the molecule is O=C1Nc2ccc(C(=O)c3ccco3)cc2/C1=C/c1ccc(Br)c(O)c1. The molecule has 26 heavy (non-hydrogen) atoms. The minimum Gasteiger partial charge on any atom is -0.507 e. The standard InChI is InChI=1S/C20H12BrNO4/c21-15-5-3-11(9-17(15)23)8-14-13-10-12(4-6-16(13)22-20(14)25)19(24)18-2-1-7-26-18/h1-10,23H,(H,22,25)/b14-8-. The van der Waals surface area contributed by atoms with Crippen LogP contribution in [0.1, 0.15) is 27.2 Å². The van der Waals surface area contributed by atoms with Gasteiger partial charge in [-0.3, -0.25) is 9.59 Å². The van der Waals surface area contributed by atoms with E-state index in [4.69, 9.17) is 4.42 Å². The topological polar surface area (TPSA) is 79.5 Å². The van der Waals surface area contributed by atoms with E-state index < -0.39 is 0 Å². The summed E-state index contributed by atoms with van der Waals surface area (Å²) in [6.45, 7) is 0. The number of furan rings is 1. The summed E-state index contributed by atoms with van der Waals surface area (Å²) in [5.74, 6) is -0.187. The van der Waals surface area contributed by atoms with E-state index in [0.717, 1.165) is 0 Å². The first-order valence-electron chi connectivity index (χ1n) is 7.77. The second kappa shape index (κ2) is 6.31. The predicted molar refractivity (Wildman–Crippen MR) is 101 cm³/mol. The number of hydrogen-bond donors (Lipinski definition) is 2. The van der Waals surface area contributed by atoms with E-state index >= 15 is 0 Å². The number of rotatable bonds is 3. The van der Waals surface area contributed by atoms with E-state index in [1.807, 2.05) is 0 Å². The Morgan fingerprint density at radius 2 is 2.00 bits per heavy atom. The van der Waals surface area contributed by atoms with Gasteiger partial charge in [0.05, 0.1) is 10.7 Å². The van der Waals surface area contributed by atoms with Gasteiger partial charge < -0.3 is 14.8 Å². The fourth-order valence-corrected chi connectivity index (χ4v) is 3.06. The predicted octanol–water partition coefficient (Wildman–Crippen LogP) is 4.47. The summed E-state index contributed by atoms with van der Waals surface area (Å²) < 4.78 is 5.73. The van der Waals surface area contributed by atoms with Crippen molar-refractivity contribution < 1.29 is 19.1 Å². The molecule has 0 radical (unpaired) electrons. The molecular formula is C20H12BrNO4. The van der Waals surface area contributed by atoms with Crippen LogP contribution in [0.5, 0.6) is 5.75 Å². The van der Waals surface area contributed by atoms with Gasteiger partial charge in [-0.05, 0) is 70.0 Å². The van der Waals surface area contributed by atoms with E-state index in [1.165, 1.54) is 6.26 Å². The number of nitrogens with one attached hydrogen (secondary N) is 1. The molecule has 2 N–H and O–H groups in total. The fraction of sp³-hybridized carbons (Fsp3) is 0. The van der Waals surface area contributed by atoms with E-state index in [9.17, 15) is 14.7 Å². The average Bonchev–Trinajstić information content (AvgIpc) is 3.26. The Morgan fingerprint density at radius 3 is 2.73 bits per heavy atom. The third-order valence-corrected chi connectivity index (χ3v) is 4.76. The lowest BCUT2D eigenvalue weighted by molar-refractivity contribution is -0.110. The summed E-state index contributed by atoms with van der Waals surface area (Å²) in [5, 5.41) is 12.6. The van der Waals surface area contributed by atoms with Gasteiger partial charge in [-0.2, -0.15) is 0 Å². The quantitative estimate of drug-likeness (QED) is 0.493. The Bertz CT molecular complexity index is 1070. The smallest absolute Gasteiger partial charge is 0.256 e. The van der Waals surface area contributed by atoms with Crippen LogP contribution in [-0.2, 0) is 4.79 Å². The average molecular weight is 410 g/mol. The highest BCUT2D eigenvalue weighted by Crippen LogP contribution is 2.35. The van der Waals surface area contributed by atoms with Gasteiger partial charge in [0.15, 0.2) is 5.76 Å². The first-order valence-corrected chi connectivity index (χ1v) is 8.56. The molecule has 0 unspecified atom stereocenters. The molecule has 0 fully saturated rings. The number of fused-ring (bicyclic) bond motifs is 1. The van der Waals surface area contributed by atoms with Gasteiger partial charge in [-0.15, -0.1) is 0 Å². The van der Waals surface area contributed by atoms with Crippen LogP contribution in [0.3, 0.4) is 0 Å². The van der Waals surface area contributed by atoms with Crippen LogP contribution in [0.25, 0.3) is 11.6 Å². The molecule has 2 heterocycles. The number of phenolic OH excluding ortho intramolecular Hbond substituents is 1. The van der Waals surface area contributed by atoms with Gasteiger partial charge in [0.25, 0.3) is 5.91 Å². The second-order valence-electron chi connectivity index (χ2n) is 5.79. The Labute approximate surface area is 157 Å². The molecular weight excluding hydrogens is 398 g/mol. The third kappa shape index (κ3) is 2.84. The number of hydrogen-bond acceptors (Lipinski definition) is 4. The lowest BCUT2D eigenvalue weighted by Crippen LogP contribution is -2.03. The van der Waals surface area contributed by atoms with E-state index in [-0.39, 0.29) is 23.2 Å². The van der Waals surface area contributed by atoms with Gasteiger partial charge in [-0.25, -0.2) is 0 Å². The maximum Gasteiger partial charge on any atom is 0.256 e. The number of ketones is 1. The minimum absolute atomic E-state index is 0.0831. The zero-order chi connectivity index (χ0) is 18.3. The Morgan fingerprint density at radius 1 is 1.15 bits per heavy atom. The van der Waals surface area contributed by atoms with Crippen molar-refractivity contribution in [1.82, 2.24) is 0 Å². The number of anilines is 1. The van der Waals surface area contributed by atoms with Crippen molar-refractivity contribution in [3.8, 4) is 5.75 Å². The first kappa shape index (κ1) is 16.4. The summed E-state index contributed by atoms with van der Waals surface area (Å²) in [7, 11) is 0. The molecule has 0 spiro atoms. The van der Waals surface area contributed by atoms with E-state index in [2.05, 4.69) is 21.2 Å². The zero-order valence-corrected chi connectivity index (χ0v) is 14.9. The molecule has 3 aromatic rings. The Kier molecular flexibility index (Phi) is 3.97. The van der Waals surface area contributed by atoms with E-state index in [0.29, 0.717) is 32.4 Å². The number of carbonyl (C=O) groups is 2. The van der Waals surface area contributed by atoms with Crippen LogP contribution in [0.2, 0.25) is 0 Å². The monoisotopic (exact) mass is 409 g/mol. The largest absolute Gasteiger partial charge is 0.507 e. The van der Waals surface area contributed by atoms with Gasteiger partial charge in [0.2, 0.25) is 5.78 Å². The molecule has 0 aliphatic carbocycles. The summed E-state index contributed by atoms with van der Waals surface area (Å²) in [5.41, 5.74) is 2.80. The molecule has 4 rings (SSSR count). The first-order chi connectivity index (χ1) is 12.5. The summed E-state index contributed by atoms with van der Waals surface area (Å²) in [4.78, 5) is 24.8. The van der Waals surface area contributed by atoms with Crippen molar-refractivity contribution in [2.45, 2.75) is 0 Å². The molecule has 1 aliphatic rings. The zero-order valence-electron chi connectivity index (χ0n) is 13.3. The molecule has 0 bridgehead atoms. The number of amides is 1. The van der Waals surface area contributed by atoms with Crippen LogP contribution >= 0.6 is 15.9 Å². The molecule has 5 nitrogen and oxygen atoms in total. The molecule has 2 aromatic carbocycles. The molecule has 0 atom stereocenters. The molecule has 0 saturated carbocycles. The summed E-state index contributed by atoms with van der Waals surface area (Å²) >= 11 is 3.23. The highest BCUT2D eigenvalue weighted by molar-refractivity contribution is 9.10. The number of carbonyl (C=O) groups excluding carboxylic acids is 2. The number of phenols is 1. The highest BCUT2D eigenvalue weighted by Gasteiger charge is 2.26. The fourth-order valence-electron chi connectivity index (χ4n) is 2.81. The van der Waals surface area contributed by atoms with Crippen molar-refractivity contribution in [1.29, 1.82) is 0 Å². The third-order valence-electron chi connectivity index (χ3n) is 4.09. The van der Waals surface area contributed by atoms with E-state index in [1.54, 1.807) is 54.6 Å². The lowest BCUT2D eigenvalue weighted by atomic mass is 9.99. The minimum atomic E-state index is -0.259. The van der Waals surface area contributed by atoms with Gasteiger partial charge >= 0.3 is 0 Å². The van der Waals surface area contributed by atoms with Crippen LogP contribution in [0.15, 0.2) is 63.7 Å². The molecule has 0 saturated heterocycles. The lowest BCUT2D eigenvalue weighted by Gasteiger charge is -2.03. The van der Waals surface area contributed by atoms with Crippen LogP contribution in [-0.4, -0.2) is 16.8 Å². The van der Waals surface area contributed by atoms with Crippen molar-refractivity contribution >= 4 is 45.0 Å². The van der Waals surface area contributed by atoms with Gasteiger partial charge in [0.1, 0.15) is 5.75 Å². The normalized spacial score (nSPS) is 14.3. The molecule has 1 amide bonds. The van der Waals surface area contributed by atoms with Crippen molar-refractivity contribution in [2.24, 2.45) is 0 Å². The number of aromatic hydroxyl groups is 1. The van der Waals surface area contributed by atoms with Gasteiger partial charge in [0, 0.05) is 22.4 Å². The van der Waals surface area contributed by atoms with Crippen LogP contribution in [0, 0.1) is 0 Å². The maximum atomic E-state index is 12.5. The van der Waals surface area contributed by atoms with Gasteiger partial charge in [-0.1, -0.05) is 6.07 Å². The van der Waals surface area contributed by atoms with Crippen LogP contribution < -0.4 is 5.32 Å². The van der Waals surface area contributed by atoms with Crippen molar-refractivity contribution in [3.05, 3.63) is 81.7 Å². The number of halogens is 1. The Balaban J connectivity index is 1.77. The second-order valence-corrected chi connectivity index (χ2v) is 6.64. The van der Waals surface area contributed by atoms with Crippen molar-refractivity contribution in [2.75, 3.05) is 5.32 Å². The number of benzene rings is 2. The maximum absolute atomic E-state index is 12.5. The highest BCUT2D eigenvalue weighted by atomic mass is 79.9.